The summed E-state index contributed by atoms with van der Waals surface area (Å²) in [5, 5.41) is 0. The quantitative estimate of drug-likeness (QED) is 0.785. The van der Waals surface area contributed by atoms with Gasteiger partial charge in [-0.05, 0) is 11.6 Å². The van der Waals surface area contributed by atoms with E-state index >= 15 is 0 Å². The van der Waals surface area contributed by atoms with Gasteiger partial charge in [0.25, 0.3) is 0 Å². The van der Waals surface area contributed by atoms with Crippen LogP contribution in [0.1, 0.15) is 5.56 Å². The molecule has 2 aliphatic heterocycles. The van der Waals surface area contributed by atoms with Crippen molar-refractivity contribution in [2.45, 2.75) is 6.04 Å². The number of amides is 2. The average molecular weight is 348 g/mol. The molecular formula is C17H20N2O2S2. The third kappa shape index (κ3) is 4.12. The number of nitrogens with zero attached hydrogens (tertiary/aromatic N) is 2. The number of hydrogen-bond donors (Lipinski definition) is 0. The summed E-state index contributed by atoms with van der Waals surface area (Å²) in [6, 6.07) is 9.43. The lowest BCUT2D eigenvalue weighted by Gasteiger charge is -2.31. The van der Waals surface area contributed by atoms with Gasteiger partial charge in [0.2, 0.25) is 11.8 Å². The minimum atomic E-state index is -0.309. The lowest BCUT2D eigenvalue weighted by molar-refractivity contribution is -0.140. The summed E-state index contributed by atoms with van der Waals surface area (Å²) in [6.07, 6.45) is 3.39. The van der Waals surface area contributed by atoms with E-state index in [2.05, 4.69) is 0 Å². The lowest BCUT2D eigenvalue weighted by Crippen LogP contribution is -2.50. The van der Waals surface area contributed by atoms with Crippen LogP contribution in [0.5, 0.6) is 0 Å². The Morgan fingerprint density at radius 3 is 2.57 bits per heavy atom. The normalized spacial score (nSPS) is 21.8. The maximum Gasteiger partial charge on any atom is 0.247 e. The second-order valence-corrected chi connectivity index (χ2v) is 7.73. The maximum absolute atomic E-state index is 12.7. The molecule has 0 spiro atoms. The van der Waals surface area contributed by atoms with Gasteiger partial charge in [-0.25, -0.2) is 0 Å². The van der Waals surface area contributed by atoms with E-state index in [9.17, 15) is 9.59 Å². The van der Waals surface area contributed by atoms with Crippen LogP contribution in [0, 0.1) is 0 Å². The van der Waals surface area contributed by atoms with Crippen molar-refractivity contribution < 1.29 is 9.59 Å². The van der Waals surface area contributed by atoms with Gasteiger partial charge in [0.05, 0.1) is 5.88 Å². The van der Waals surface area contributed by atoms with Crippen molar-refractivity contribution in [1.29, 1.82) is 0 Å². The highest BCUT2D eigenvalue weighted by Crippen LogP contribution is 2.24. The third-order valence-corrected chi connectivity index (χ3v) is 5.95. The molecular weight excluding hydrogens is 328 g/mol. The van der Waals surface area contributed by atoms with E-state index in [1.54, 1.807) is 22.7 Å². The van der Waals surface area contributed by atoms with Crippen LogP contribution in [0.4, 0.5) is 0 Å². The first-order chi connectivity index (χ1) is 11.3. The first-order valence-corrected chi connectivity index (χ1v) is 10.0. The van der Waals surface area contributed by atoms with E-state index in [4.69, 9.17) is 0 Å². The molecule has 1 aromatic rings. The SMILES string of the molecule is O=C([C@@H]1CSCN1C(=O)/C=C/c1ccccc1)N1CCSCC1. The predicted octanol–water partition coefficient (Wildman–Crippen LogP) is 2.18. The molecule has 2 amide bonds. The summed E-state index contributed by atoms with van der Waals surface area (Å²) in [5.74, 6) is 3.31. The fourth-order valence-corrected chi connectivity index (χ4v) is 4.74. The Hall–Kier alpha value is -1.40. The Bertz CT molecular complexity index is 586. The molecule has 0 N–H and O–H groups in total. The Balaban J connectivity index is 1.64. The topological polar surface area (TPSA) is 40.6 Å². The lowest BCUT2D eigenvalue weighted by atomic mass is 10.2. The van der Waals surface area contributed by atoms with Crippen molar-refractivity contribution in [2.24, 2.45) is 0 Å². The molecule has 0 bridgehead atoms. The third-order valence-electron chi connectivity index (χ3n) is 3.99. The number of thioether (sulfide) groups is 2. The Morgan fingerprint density at radius 2 is 1.83 bits per heavy atom. The van der Waals surface area contributed by atoms with Gasteiger partial charge in [0.15, 0.2) is 0 Å². The second kappa shape index (κ2) is 7.93. The first kappa shape index (κ1) is 16.5. The van der Waals surface area contributed by atoms with Crippen LogP contribution in [0.15, 0.2) is 36.4 Å². The zero-order valence-corrected chi connectivity index (χ0v) is 14.5. The minimum Gasteiger partial charge on any atom is -0.339 e. The van der Waals surface area contributed by atoms with Gasteiger partial charge >= 0.3 is 0 Å². The minimum absolute atomic E-state index is 0.0800. The number of hydrogen-bond acceptors (Lipinski definition) is 4. The molecule has 4 nitrogen and oxygen atoms in total. The standard InChI is InChI=1S/C17H20N2O2S2/c20-16(7-6-14-4-2-1-3-5-14)19-13-23-12-15(19)17(21)18-8-10-22-11-9-18/h1-7,15H,8-13H2/b7-6+/t15-/m0/s1. The summed E-state index contributed by atoms with van der Waals surface area (Å²) in [7, 11) is 0. The van der Waals surface area contributed by atoms with Gasteiger partial charge in [-0.15, -0.1) is 11.8 Å². The molecule has 0 unspecified atom stereocenters. The van der Waals surface area contributed by atoms with E-state index in [-0.39, 0.29) is 17.9 Å². The van der Waals surface area contributed by atoms with Gasteiger partial charge in [-0.1, -0.05) is 30.3 Å². The summed E-state index contributed by atoms with van der Waals surface area (Å²) < 4.78 is 0. The van der Waals surface area contributed by atoms with E-state index in [0.29, 0.717) is 11.6 Å². The molecule has 2 fully saturated rings. The van der Waals surface area contributed by atoms with E-state index in [1.807, 2.05) is 53.1 Å². The van der Waals surface area contributed by atoms with Crippen LogP contribution in [0.25, 0.3) is 6.08 Å². The molecule has 122 valence electrons. The molecule has 6 heteroatoms. The highest BCUT2D eigenvalue weighted by atomic mass is 32.2. The largest absolute Gasteiger partial charge is 0.339 e. The molecule has 0 aliphatic carbocycles. The van der Waals surface area contributed by atoms with Gasteiger partial charge in [0.1, 0.15) is 6.04 Å². The molecule has 0 aromatic heterocycles. The van der Waals surface area contributed by atoms with E-state index < -0.39 is 0 Å². The average Bonchev–Trinajstić information content (AvgIpc) is 3.10. The van der Waals surface area contributed by atoms with Crippen molar-refractivity contribution in [1.82, 2.24) is 9.80 Å². The zero-order valence-electron chi connectivity index (χ0n) is 12.9. The number of carbonyl (C=O) groups excluding carboxylic acids is 2. The number of carbonyl (C=O) groups is 2. The van der Waals surface area contributed by atoms with Crippen LogP contribution in [-0.4, -0.2) is 63.9 Å². The van der Waals surface area contributed by atoms with Crippen LogP contribution < -0.4 is 0 Å². The number of rotatable bonds is 3. The molecule has 0 saturated carbocycles. The molecule has 2 heterocycles. The maximum atomic E-state index is 12.7. The Kier molecular flexibility index (Phi) is 5.67. The highest BCUT2D eigenvalue weighted by Gasteiger charge is 2.36. The fraction of sp³-hybridized carbons (Fsp3) is 0.412. The van der Waals surface area contributed by atoms with Gasteiger partial charge in [-0.2, -0.15) is 11.8 Å². The highest BCUT2D eigenvalue weighted by molar-refractivity contribution is 7.99. The van der Waals surface area contributed by atoms with Gasteiger partial charge in [-0.3, -0.25) is 9.59 Å². The molecule has 2 saturated heterocycles. The predicted molar refractivity (Wildman–Crippen MR) is 97.3 cm³/mol. The van der Waals surface area contributed by atoms with Gasteiger partial charge in [0, 0.05) is 36.4 Å². The molecule has 23 heavy (non-hydrogen) atoms. The first-order valence-electron chi connectivity index (χ1n) is 7.74. The van der Waals surface area contributed by atoms with Crippen LogP contribution in [-0.2, 0) is 9.59 Å². The van der Waals surface area contributed by atoms with E-state index in [1.165, 1.54) is 0 Å². The Morgan fingerprint density at radius 1 is 1.09 bits per heavy atom. The van der Waals surface area contributed by atoms with Crippen LogP contribution in [0.3, 0.4) is 0 Å². The van der Waals surface area contributed by atoms with E-state index in [0.717, 1.165) is 30.2 Å². The van der Waals surface area contributed by atoms with Crippen molar-refractivity contribution in [3.8, 4) is 0 Å². The smallest absolute Gasteiger partial charge is 0.247 e. The van der Waals surface area contributed by atoms with Crippen LogP contribution in [0.2, 0.25) is 0 Å². The van der Waals surface area contributed by atoms with Crippen molar-refractivity contribution in [2.75, 3.05) is 36.2 Å². The Labute approximate surface area is 145 Å². The summed E-state index contributed by atoms with van der Waals surface area (Å²) >= 11 is 3.53. The number of benzene rings is 1. The van der Waals surface area contributed by atoms with Crippen LogP contribution >= 0.6 is 23.5 Å². The summed E-state index contributed by atoms with van der Waals surface area (Å²) in [6.45, 7) is 1.60. The van der Waals surface area contributed by atoms with Crippen molar-refractivity contribution in [3.63, 3.8) is 0 Å². The zero-order chi connectivity index (χ0) is 16.1. The molecule has 3 rings (SSSR count). The summed E-state index contributed by atoms with van der Waals surface area (Å²) in [4.78, 5) is 28.8. The molecule has 2 aliphatic rings. The van der Waals surface area contributed by atoms with Crippen molar-refractivity contribution in [3.05, 3.63) is 42.0 Å². The molecule has 0 radical (unpaired) electrons. The fourth-order valence-electron chi connectivity index (χ4n) is 2.69. The van der Waals surface area contributed by atoms with Crippen molar-refractivity contribution >= 4 is 41.4 Å². The molecule has 1 atom stereocenters. The molecule has 1 aromatic carbocycles. The monoisotopic (exact) mass is 348 g/mol. The second-order valence-electron chi connectivity index (χ2n) is 5.51. The summed E-state index contributed by atoms with van der Waals surface area (Å²) in [5.41, 5.74) is 0.989. The van der Waals surface area contributed by atoms with Gasteiger partial charge < -0.3 is 9.80 Å².